The Kier molecular flexibility index (Phi) is 4.20. The van der Waals surface area contributed by atoms with E-state index in [1.807, 2.05) is 11.8 Å². The third-order valence-electron chi connectivity index (χ3n) is 3.45. The van der Waals surface area contributed by atoms with Crippen molar-refractivity contribution in [3.63, 3.8) is 0 Å². The van der Waals surface area contributed by atoms with E-state index in [9.17, 15) is 4.79 Å². The molecule has 2 rings (SSSR count). The summed E-state index contributed by atoms with van der Waals surface area (Å²) in [4.78, 5) is 11.1. The number of carbonyl (C=O) groups is 1. The van der Waals surface area contributed by atoms with Crippen LogP contribution >= 0.6 is 11.8 Å². The average molecular weight is 255 g/mol. The Hall–Kier alpha value is -0.840. The Balaban J connectivity index is 1.66. The number of unbranched alkanes of at least 4 members (excludes halogenated alkanes) is 1. The van der Waals surface area contributed by atoms with Gasteiger partial charge in [-0.25, -0.2) is 0 Å². The van der Waals surface area contributed by atoms with Crippen LogP contribution in [-0.2, 0) is 4.79 Å². The summed E-state index contributed by atoms with van der Waals surface area (Å²) in [5.74, 6) is 2.28. The van der Waals surface area contributed by atoms with Crippen LogP contribution in [0.15, 0.2) is 12.4 Å². The predicted molar refractivity (Wildman–Crippen MR) is 71.8 cm³/mol. The van der Waals surface area contributed by atoms with Crippen molar-refractivity contribution >= 4 is 17.7 Å². The van der Waals surface area contributed by atoms with Gasteiger partial charge in [-0.1, -0.05) is 13.0 Å². The molecule has 17 heavy (non-hydrogen) atoms. The molecule has 2 fully saturated rings. The molecule has 0 bridgehead atoms. The molecule has 0 saturated carbocycles. The van der Waals surface area contributed by atoms with Crippen molar-refractivity contribution in [2.24, 2.45) is 0 Å². The molecule has 3 unspecified atom stereocenters. The van der Waals surface area contributed by atoms with Crippen molar-refractivity contribution in [3.8, 4) is 0 Å². The number of carbonyl (C=O) groups excluding carboxylic acids is 1. The van der Waals surface area contributed by atoms with Gasteiger partial charge in [0, 0.05) is 24.5 Å². The maximum atomic E-state index is 11.1. The van der Waals surface area contributed by atoms with Crippen LogP contribution in [0.3, 0.4) is 0 Å². The highest BCUT2D eigenvalue weighted by molar-refractivity contribution is 8.00. The Morgan fingerprint density at radius 3 is 3.12 bits per heavy atom. The normalized spacial score (nSPS) is 30.6. The number of fused-ring (bicyclic) bond motifs is 1. The number of hydrogen-bond donors (Lipinski definition) is 3. The van der Waals surface area contributed by atoms with Crippen LogP contribution in [0.4, 0.5) is 0 Å². The number of thioether (sulfide) groups is 1. The van der Waals surface area contributed by atoms with Crippen LogP contribution in [0, 0.1) is 0 Å². The Bertz CT molecular complexity index is 308. The first-order valence-electron chi connectivity index (χ1n) is 6.25. The van der Waals surface area contributed by atoms with Crippen molar-refractivity contribution in [3.05, 3.63) is 12.4 Å². The van der Waals surface area contributed by atoms with Crippen LogP contribution in [-0.4, -0.2) is 36.0 Å². The molecule has 5 heteroatoms. The summed E-state index contributed by atoms with van der Waals surface area (Å²) in [7, 11) is 1.69. The van der Waals surface area contributed by atoms with Gasteiger partial charge in [0.15, 0.2) is 0 Å². The van der Waals surface area contributed by atoms with E-state index in [2.05, 4.69) is 22.5 Å². The molecule has 1 amide bonds. The maximum Gasteiger partial charge on any atom is 0.219 e. The lowest BCUT2D eigenvalue weighted by Crippen LogP contribution is -2.36. The van der Waals surface area contributed by atoms with Crippen molar-refractivity contribution in [1.82, 2.24) is 16.0 Å². The Morgan fingerprint density at radius 2 is 2.35 bits per heavy atom. The zero-order valence-electron chi connectivity index (χ0n) is 10.3. The fraction of sp³-hybridized carbons (Fsp3) is 0.750. The fourth-order valence-electron chi connectivity index (χ4n) is 2.50. The molecule has 2 heterocycles. The minimum absolute atomic E-state index is 0.149. The number of rotatable bonds is 5. The molecular weight excluding hydrogens is 234 g/mol. The van der Waals surface area contributed by atoms with Gasteiger partial charge in [0.05, 0.1) is 17.9 Å². The van der Waals surface area contributed by atoms with E-state index >= 15 is 0 Å². The molecule has 0 aliphatic carbocycles. The lowest BCUT2D eigenvalue weighted by atomic mass is 10.0. The van der Waals surface area contributed by atoms with Gasteiger partial charge in [-0.3, -0.25) is 4.79 Å². The third-order valence-corrected chi connectivity index (χ3v) is 4.95. The monoisotopic (exact) mass is 255 g/mol. The van der Waals surface area contributed by atoms with E-state index in [1.54, 1.807) is 7.05 Å². The molecule has 2 saturated heterocycles. The highest BCUT2D eigenvalue weighted by atomic mass is 32.2. The van der Waals surface area contributed by atoms with Gasteiger partial charge in [0.25, 0.3) is 0 Å². The van der Waals surface area contributed by atoms with Crippen LogP contribution in [0.25, 0.3) is 0 Å². The molecule has 0 spiro atoms. The molecule has 3 N–H and O–H groups in total. The van der Waals surface area contributed by atoms with Crippen molar-refractivity contribution < 1.29 is 4.79 Å². The van der Waals surface area contributed by atoms with Crippen LogP contribution in [0.2, 0.25) is 0 Å². The minimum atomic E-state index is 0.149. The molecule has 3 atom stereocenters. The lowest BCUT2D eigenvalue weighted by Gasteiger charge is -2.17. The van der Waals surface area contributed by atoms with E-state index in [0.717, 1.165) is 24.4 Å². The predicted octanol–water partition coefficient (Wildman–Crippen LogP) is 0.809. The largest absolute Gasteiger partial charge is 0.367 e. The second kappa shape index (κ2) is 5.67. The molecule has 2 aliphatic rings. The summed E-state index contributed by atoms with van der Waals surface area (Å²) in [6.07, 6.45) is 3.95. The summed E-state index contributed by atoms with van der Waals surface area (Å²) in [6, 6.07) is 1.09. The SMILES string of the molecule is C=C1NC2CSC(CCCCC(=O)NC)C2N1. The maximum absolute atomic E-state index is 11.1. The Labute approximate surface area is 107 Å². The van der Waals surface area contributed by atoms with E-state index < -0.39 is 0 Å². The molecular formula is C12H21N3OS. The zero-order valence-corrected chi connectivity index (χ0v) is 11.1. The van der Waals surface area contributed by atoms with E-state index in [4.69, 9.17) is 0 Å². The molecule has 4 nitrogen and oxygen atoms in total. The molecule has 0 radical (unpaired) electrons. The van der Waals surface area contributed by atoms with Crippen molar-refractivity contribution in [2.75, 3.05) is 12.8 Å². The van der Waals surface area contributed by atoms with Gasteiger partial charge in [-0.2, -0.15) is 11.8 Å². The quantitative estimate of drug-likeness (QED) is 0.636. The van der Waals surface area contributed by atoms with Crippen LogP contribution in [0.1, 0.15) is 25.7 Å². The third kappa shape index (κ3) is 3.09. The first-order valence-corrected chi connectivity index (χ1v) is 7.29. The van der Waals surface area contributed by atoms with Crippen LogP contribution in [0.5, 0.6) is 0 Å². The molecule has 0 aromatic heterocycles. The molecule has 96 valence electrons. The first kappa shape index (κ1) is 12.6. The first-order chi connectivity index (χ1) is 8.20. The lowest BCUT2D eigenvalue weighted by molar-refractivity contribution is -0.120. The molecule has 2 aliphatic heterocycles. The van der Waals surface area contributed by atoms with Gasteiger partial charge in [-0.05, 0) is 12.8 Å². The van der Waals surface area contributed by atoms with Crippen molar-refractivity contribution in [2.45, 2.75) is 43.0 Å². The summed E-state index contributed by atoms with van der Waals surface area (Å²) in [6.45, 7) is 3.92. The standard InChI is InChI=1S/C12H21N3OS/c1-8-14-9-7-17-10(12(9)15-8)5-3-4-6-11(16)13-2/h9-10,12,14-15H,1,3-7H2,2H3,(H,13,16). The van der Waals surface area contributed by atoms with Gasteiger partial charge in [-0.15, -0.1) is 0 Å². The van der Waals surface area contributed by atoms with Gasteiger partial charge in [0.2, 0.25) is 5.91 Å². The minimum Gasteiger partial charge on any atom is -0.367 e. The average Bonchev–Trinajstić information content (AvgIpc) is 2.84. The van der Waals surface area contributed by atoms with Crippen LogP contribution < -0.4 is 16.0 Å². The summed E-state index contributed by atoms with van der Waals surface area (Å²) >= 11 is 2.03. The Morgan fingerprint density at radius 1 is 1.53 bits per heavy atom. The van der Waals surface area contributed by atoms with Crippen molar-refractivity contribution in [1.29, 1.82) is 0 Å². The van der Waals surface area contributed by atoms with E-state index in [0.29, 0.717) is 23.8 Å². The van der Waals surface area contributed by atoms with Gasteiger partial charge < -0.3 is 16.0 Å². The molecule has 0 aromatic rings. The highest BCUT2D eigenvalue weighted by Gasteiger charge is 2.40. The second-order valence-electron chi connectivity index (χ2n) is 4.69. The number of hydrogen-bond acceptors (Lipinski definition) is 4. The highest BCUT2D eigenvalue weighted by Crippen LogP contribution is 2.34. The molecule has 0 aromatic carbocycles. The summed E-state index contributed by atoms with van der Waals surface area (Å²) in [5.41, 5.74) is 0. The fourth-order valence-corrected chi connectivity index (χ4v) is 4.05. The van der Waals surface area contributed by atoms with Gasteiger partial charge >= 0.3 is 0 Å². The number of nitrogens with one attached hydrogen (secondary N) is 3. The second-order valence-corrected chi connectivity index (χ2v) is 5.96. The van der Waals surface area contributed by atoms with Gasteiger partial charge in [0.1, 0.15) is 0 Å². The summed E-state index contributed by atoms with van der Waals surface area (Å²) < 4.78 is 0. The zero-order chi connectivity index (χ0) is 12.3. The van der Waals surface area contributed by atoms with E-state index in [-0.39, 0.29) is 5.91 Å². The van der Waals surface area contributed by atoms with E-state index in [1.165, 1.54) is 6.42 Å². The smallest absolute Gasteiger partial charge is 0.219 e. The topological polar surface area (TPSA) is 53.2 Å². The number of amides is 1. The summed E-state index contributed by atoms with van der Waals surface area (Å²) in [5, 5.41) is 10.1.